The molecular weight excluding hydrogens is 179 g/mol. The molecule has 0 saturated heterocycles. The predicted molar refractivity (Wildman–Crippen MR) is 29.3 cm³/mol. The van der Waals surface area contributed by atoms with Crippen molar-refractivity contribution in [2.24, 2.45) is 0 Å². The molecule has 0 radical (unpaired) electrons. The molecule has 64 valence electrons. The summed E-state index contributed by atoms with van der Waals surface area (Å²) in [7, 11) is -4.64. The molecule has 1 aromatic heterocycles. The third-order valence-electron chi connectivity index (χ3n) is 0.338. The maximum Gasteiger partial charge on any atom is 0.466 e. The second-order valence-electron chi connectivity index (χ2n) is 1.24. The molecule has 4 N–H and O–H groups in total. The van der Waals surface area contributed by atoms with Gasteiger partial charge in [-0.3, -0.25) is 0 Å². The summed E-state index contributed by atoms with van der Waals surface area (Å²) in [4.78, 5) is 22.1. The monoisotopic (exact) mass is 184 g/mol. The zero-order chi connectivity index (χ0) is 8.91. The molecule has 0 atom stereocenters. The molecule has 1 aromatic rings. The molecule has 0 amide bonds. The molecule has 1 rings (SSSR count). The maximum absolute atomic E-state index is 8.88. The van der Waals surface area contributed by atoms with Crippen molar-refractivity contribution in [3.8, 4) is 0 Å². The molecular formula is CH5N4O5P. The van der Waals surface area contributed by atoms with Gasteiger partial charge in [0.05, 0.1) is 0 Å². The van der Waals surface area contributed by atoms with Crippen LogP contribution in [0.4, 0.5) is 0 Å². The normalized spacial score (nSPS) is 10.1. The lowest BCUT2D eigenvalue weighted by Gasteiger charge is -1.82. The van der Waals surface area contributed by atoms with Crippen molar-refractivity contribution in [1.82, 2.24) is 20.4 Å². The van der Waals surface area contributed by atoms with Gasteiger partial charge < -0.3 is 19.9 Å². The molecule has 0 bridgehead atoms. The van der Waals surface area contributed by atoms with Gasteiger partial charge in [0.25, 0.3) is 0 Å². The van der Waals surface area contributed by atoms with E-state index < -0.39 is 7.82 Å². The highest BCUT2D eigenvalue weighted by molar-refractivity contribution is 7.45. The number of phosphoric acid groups is 1. The summed E-state index contributed by atoms with van der Waals surface area (Å²) in [6.45, 7) is 0. The molecule has 0 unspecified atom stereocenters. The van der Waals surface area contributed by atoms with E-state index in [-0.39, 0.29) is 0 Å². The van der Waals surface area contributed by atoms with Crippen molar-refractivity contribution in [2.45, 2.75) is 0 Å². The molecule has 0 fully saturated rings. The molecule has 0 aliphatic carbocycles. The summed E-state index contributed by atoms with van der Waals surface area (Å²) in [6, 6.07) is 0. The van der Waals surface area contributed by atoms with Gasteiger partial charge in [-0.05, 0) is 10.4 Å². The fourth-order valence-electron chi connectivity index (χ4n) is 0.156. The highest BCUT2D eigenvalue weighted by atomic mass is 31.2. The van der Waals surface area contributed by atoms with E-state index in [2.05, 4.69) is 15.5 Å². The van der Waals surface area contributed by atoms with Gasteiger partial charge >= 0.3 is 7.82 Å². The standard InChI is InChI=1S/CH2N4O.H3O4P/c6-5-1-2-3-4-5;1-5(2,3)4/h1,6H;(H3,1,2,3,4). The van der Waals surface area contributed by atoms with Crippen LogP contribution in [0, 0.1) is 0 Å². The Bertz CT molecular complexity index is 218. The Morgan fingerprint density at radius 1 is 1.36 bits per heavy atom. The predicted octanol–water partition coefficient (Wildman–Crippen LogP) is -2.02. The van der Waals surface area contributed by atoms with Crippen LogP contribution in [0.15, 0.2) is 6.33 Å². The summed E-state index contributed by atoms with van der Waals surface area (Å²) < 4.78 is 8.88. The summed E-state index contributed by atoms with van der Waals surface area (Å²) >= 11 is 0. The number of tetrazole rings is 1. The van der Waals surface area contributed by atoms with Crippen LogP contribution in [0.25, 0.3) is 0 Å². The van der Waals surface area contributed by atoms with E-state index >= 15 is 0 Å². The second kappa shape index (κ2) is 3.98. The first-order valence-electron chi connectivity index (χ1n) is 2.10. The Balaban J connectivity index is 0.000000187. The average Bonchev–Trinajstić information content (AvgIpc) is 2.12. The van der Waals surface area contributed by atoms with Gasteiger partial charge in [0.2, 0.25) is 0 Å². The molecule has 0 aliphatic heterocycles. The minimum Gasteiger partial charge on any atom is -0.409 e. The largest absolute Gasteiger partial charge is 0.466 e. The number of nitrogens with zero attached hydrogens (tertiary/aromatic N) is 4. The van der Waals surface area contributed by atoms with Gasteiger partial charge in [0, 0.05) is 0 Å². The van der Waals surface area contributed by atoms with E-state index in [4.69, 9.17) is 24.5 Å². The molecule has 10 heteroatoms. The van der Waals surface area contributed by atoms with Crippen LogP contribution < -0.4 is 0 Å². The second-order valence-corrected chi connectivity index (χ2v) is 2.27. The van der Waals surface area contributed by atoms with Crippen LogP contribution in [0.5, 0.6) is 0 Å². The lowest BCUT2D eigenvalue weighted by Crippen LogP contribution is -1.88. The molecule has 0 aromatic carbocycles. The molecule has 0 aliphatic rings. The minimum absolute atomic E-state index is 0.528. The number of hydrogen-bond acceptors (Lipinski definition) is 5. The quantitative estimate of drug-likeness (QED) is 0.267. The smallest absolute Gasteiger partial charge is 0.409 e. The van der Waals surface area contributed by atoms with Crippen molar-refractivity contribution in [3.05, 3.63) is 6.33 Å². The third-order valence-corrected chi connectivity index (χ3v) is 0.338. The van der Waals surface area contributed by atoms with Gasteiger partial charge in [0.1, 0.15) is 0 Å². The highest BCUT2D eigenvalue weighted by Crippen LogP contribution is 2.25. The molecule has 11 heavy (non-hydrogen) atoms. The molecule has 1 heterocycles. The zero-order valence-electron chi connectivity index (χ0n) is 5.01. The first-order valence-corrected chi connectivity index (χ1v) is 3.66. The SMILES string of the molecule is O=P(O)(O)O.On1cnnn1. The third kappa shape index (κ3) is 12.2. The van der Waals surface area contributed by atoms with E-state index in [1.807, 2.05) is 0 Å². The Kier molecular flexibility index (Phi) is 3.61. The van der Waals surface area contributed by atoms with Crippen LogP contribution in [0.1, 0.15) is 0 Å². The maximum atomic E-state index is 8.88. The van der Waals surface area contributed by atoms with E-state index in [1.165, 1.54) is 0 Å². The van der Waals surface area contributed by atoms with E-state index in [0.29, 0.717) is 4.85 Å². The Labute approximate surface area is 60.1 Å². The van der Waals surface area contributed by atoms with E-state index in [9.17, 15) is 0 Å². The van der Waals surface area contributed by atoms with E-state index in [0.717, 1.165) is 6.33 Å². The van der Waals surface area contributed by atoms with Gasteiger partial charge in [-0.25, -0.2) is 4.57 Å². The molecule has 9 nitrogen and oxygen atoms in total. The van der Waals surface area contributed by atoms with Crippen molar-refractivity contribution in [1.29, 1.82) is 0 Å². The fourth-order valence-corrected chi connectivity index (χ4v) is 0.156. The average molecular weight is 184 g/mol. The van der Waals surface area contributed by atoms with Crippen LogP contribution in [0.3, 0.4) is 0 Å². The Hall–Kier alpha value is -1.02. The van der Waals surface area contributed by atoms with Crippen molar-refractivity contribution in [2.75, 3.05) is 0 Å². The summed E-state index contributed by atoms with van der Waals surface area (Å²) in [5, 5.41) is 17.4. The highest BCUT2D eigenvalue weighted by Gasteiger charge is 2.00. The van der Waals surface area contributed by atoms with Crippen LogP contribution in [-0.4, -0.2) is 40.3 Å². The molecule has 0 spiro atoms. The van der Waals surface area contributed by atoms with Crippen molar-refractivity contribution >= 4 is 7.82 Å². The minimum atomic E-state index is -4.64. The van der Waals surface area contributed by atoms with Gasteiger partial charge in [-0.1, -0.05) is 4.85 Å². The van der Waals surface area contributed by atoms with Crippen LogP contribution in [0.2, 0.25) is 0 Å². The Morgan fingerprint density at radius 2 is 1.82 bits per heavy atom. The van der Waals surface area contributed by atoms with Gasteiger partial charge in [-0.15, -0.1) is 5.10 Å². The van der Waals surface area contributed by atoms with Gasteiger partial charge in [-0.2, -0.15) is 0 Å². The first kappa shape index (κ1) is 9.98. The number of aromatic nitrogens is 4. The fraction of sp³-hybridized carbons (Fsp3) is 0. The molecule has 0 saturated carbocycles. The zero-order valence-corrected chi connectivity index (χ0v) is 5.90. The number of hydrogen-bond donors (Lipinski definition) is 4. The topological polar surface area (TPSA) is 142 Å². The Morgan fingerprint density at radius 3 is 1.91 bits per heavy atom. The van der Waals surface area contributed by atoms with Gasteiger partial charge in [0.15, 0.2) is 6.33 Å². The van der Waals surface area contributed by atoms with Crippen LogP contribution >= 0.6 is 7.82 Å². The number of rotatable bonds is 0. The summed E-state index contributed by atoms with van der Waals surface area (Å²) in [5.74, 6) is 0. The van der Waals surface area contributed by atoms with Crippen molar-refractivity contribution < 1.29 is 24.5 Å². The summed E-state index contributed by atoms with van der Waals surface area (Å²) in [5.41, 5.74) is 0. The van der Waals surface area contributed by atoms with Crippen LogP contribution in [-0.2, 0) is 4.57 Å². The van der Waals surface area contributed by atoms with Crippen molar-refractivity contribution in [3.63, 3.8) is 0 Å². The summed E-state index contributed by atoms with van der Waals surface area (Å²) in [6.07, 6.45) is 1.08. The first-order chi connectivity index (χ1) is 4.89. The lowest BCUT2D eigenvalue weighted by atomic mass is 11.4. The lowest BCUT2D eigenvalue weighted by molar-refractivity contribution is 0.142. The van der Waals surface area contributed by atoms with E-state index in [1.54, 1.807) is 0 Å².